The van der Waals surface area contributed by atoms with Crippen LogP contribution in [0.5, 0.6) is 0 Å². The van der Waals surface area contributed by atoms with E-state index >= 15 is 0 Å². The summed E-state index contributed by atoms with van der Waals surface area (Å²) in [6, 6.07) is 9.25. The van der Waals surface area contributed by atoms with Crippen molar-refractivity contribution in [1.29, 1.82) is 0 Å². The lowest BCUT2D eigenvalue weighted by Gasteiger charge is -2.15. The fourth-order valence-corrected chi connectivity index (χ4v) is 5.07. The SMILES string of the molecule is CCc1cccc(CC)c1NC(N)=NCC(O)CS(=O)(=O)c1cccs1.I. The molecule has 1 unspecified atom stereocenters. The lowest BCUT2D eigenvalue weighted by Crippen LogP contribution is -2.28. The molecule has 0 aliphatic carbocycles. The van der Waals surface area contributed by atoms with Crippen LogP contribution in [0.4, 0.5) is 5.69 Å². The number of hydrogen-bond donors (Lipinski definition) is 3. The number of aliphatic hydroxyl groups is 1. The second-order valence-electron chi connectivity index (χ2n) is 5.88. The number of benzene rings is 1. The van der Waals surface area contributed by atoms with Gasteiger partial charge in [0.2, 0.25) is 0 Å². The third-order valence-corrected chi connectivity index (χ3v) is 7.22. The molecule has 27 heavy (non-hydrogen) atoms. The first kappa shape index (κ1) is 23.9. The molecule has 0 aliphatic rings. The molecule has 1 aromatic heterocycles. The number of aliphatic hydroxyl groups excluding tert-OH is 1. The van der Waals surface area contributed by atoms with Crippen molar-refractivity contribution in [2.45, 2.75) is 37.0 Å². The van der Waals surface area contributed by atoms with Crippen molar-refractivity contribution in [3.8, 4) is 0 Å². The Kier molecular flexibility index (Phi) is 9.71. The lowest BCUT2D eigenvalue weighted by molar-refractivity contribution is 0.206. The minimum absolute atomic E-state index is 0. The molecule has 6 nitrogen and oxygen atoms in total. The minimum Gasteiger partial charge on any atom is -0.390 e. The van der Waals surface area contributed by atoms with Gasteiger partial charge in [-0.15, -0.1) is 35.3 Å². The zero-order valence-corrected chi connectivity index (χ0v) is 19.3. The summed E-state index contributed by atoms with van der Waals surface area (Å²) >= 11 is 1.13. The van der Waals surface area contributed by atoms with Gasteiger partial charge in [0.15, 0.2) is 15.8 Å². The van der Waals surface area contributed by atoms with Crippen molar-refractivity contribution in [3.05, 3.63) is 46.8 Å². The topological polar surface area (TPSA) is 105 Å². The van der Waals surface area contributed by atoms with Gasteiger partial charge in [-0.25, -0.2) is 8.42 Å². The van der Waals surface area contributed by atoms with E-state index in [0.717, 1.165) is 41.0 Å². The molecular weight excluding hydrogens is 497 g/mol. The molecule has 1 atom stereocenters. The summed E-state index contributed by atoms with van der Waals surface area (Å²) in [5.74, 6) is -0.219. The van der Waals surface area contributed by atoms with Crippen LogP contribution in [0.25, 0.3) is 0 Å². The second kappa shape index (κ2) is 11.0. The summed E-state index contributed by atoms with van der Waals surface area (Å²) in [6.45, 7) is 4.04. The number of nitrogens with one attached hydrogen (secondary N) is 1. The van der Waals surface area contributed by atoms with Crippen molar-refractivity contribution < 1.29 is 13.5 Å². The van der Waals surface area contributed by atoms with Gasteiger partial charge in [-0.05, 0) is 35.4 Å². The molecule has 1 aromatic carbocycles. The van der Waals surface area contributed by atoms with E-state index < -0.39 is 15.9 Å². The van der Waals surface area contributed by atoms with Crippen LogP contribution in [0.1, 0.15) is 25.0 Å². The van der Waals surface area contributed by atoms with Crippen LogP contribution >= 0.6 is 35.3 Å². The van der Waals surface area contributed by atoms with Gasteiger partial charge in [0.05, 0.1) is 18.4 Å². The maximum absolute atomic E-state index is 12.2. The highest BCUT2D eigenvalue weighted by molar-refractivity contribution is 14.0. The number of hydrogen-bond acceptors (Lipinski definition) is 5. The molecular formula is C18H26IN3O3S2. The van der Waals surface area contributed by atoms with Gasteiger partial charge in [-0.2, -0.15) is 0 Å². The zero-order chi connectivity index (χ0) is 19.2. The number of nitrogens with zero attached hydrogens (tertiary/aromatic N) is 1. The molecule has 0 saturated heterocycles. The number of aryl methyl sites for hydroxylation is 2. The molecule has 0 spiro atoms. The first-order valence-corrected chi connectivity index (χ1v) is 11.0. The summed E-state index contributed by atoms with van der Waals surface area (Å²) in [5, 5.41) is 14.8. The molecule has 1 heterocycles. The van der Waals surface area contributed by atoms with E-state index in [1.165, 1.54) is 6.07 Å². The predicted octanol–water partition coefficient (Wildman–Crippen LogP) is 3.05. The number of rotatable bonds is 8. The van der Waals surface area contributed by atoms with Crippen molar-refractivity contribution in [2.75, 3.05) is 17.6 Å². The van der Waals surface area contributed by atoms with Crippen molar-refractivity contribution in [3.63, 3.8) is 0 Å². The van der Waals surface area contributed by atoms with Gasteiger partial charge in [0, 0.05) is 5.69 Å². The number of para-hydroxylation sites is 1. The summed E-state index contributed by atoms with van der Waals surface area (Å²) in [7, 11) is -3.51. The smallest absolute Gasteiger partial charge is 0.193 e. The maximum Gasteiger partial charge on any atom is 0.193 e. The average molecular weight is 523 g/mol. The Balaban J connectivity index is 0.00000364. The quantitative estimate of drug-likeness (QED) is 0.280. The molecule has 9 heteroatoms. The van der Waals surface area contributed by atoms with E-state index in [9.17, 15) is 13.5 Å². The van der Waals surface area contributed by atoms with Gasteiger partial charge in [-0.3, -0.25) is 4.99 Å². The Morgan fingerprint density at radius 1 is 1.22 bits per heavy atom. The highest BCUT2D eigenvalue weighted by Gasteiger charge is 2.20. The van der Waals surface area contributed by atoms with Crippen molar-refractivity contribution in [2.24, 2.45) is 10.7 Å². The Morgan fingerprint density at radius 2 is 1.85 bits per heavy atom. The lowest BCUT2D eigenvalue weighted by atomic mass is 10.0. The molecule has 4 N–H and O–H groups in total. The Labute approximate surface area is 181 Å². The Bertz CT molecular complexity index is 830. The highest BCUT2D eigenvalue weighted by Crippen LogP contribution is 2.22. The molecule has 2 rings (SSSR count). The third kappa shape index (κ3) is 6.74. The van der Waals surface area contributed by atoms with E-state index in [1.807, 2.05) is 18.2 Å². The molecule has 0 radical (unpaired) electrons. The number of anilines is 1. The minimum atomic E-state index is -3.51. The van der Waals surface area contributed by atoms with Crippen LogP contribution < -0.4 is 11.1 Å². The maximum atomic E-state index is 12.2. The van der Waals surface area contributed by atoms with Gasteiger partial charge in [0.1, 0.15) is 4.21 Å². The van der Waals surface area contributed by atoms with E-state index in [4.69, 9.17) is 5.73 Å². The standard InChI is InChI=1S/C18H25N3O3S2.HI/c1-3-13-7-5-8-14(4-2)17(13)21-18(19)20-11-15(22)12-26(23,24)16-9-6-10-25-16;/h5-10,15,22H,3-4,11-12H2,1-2H3,(H3,19,20,21);1H. The third-order valence-electron chi connectivity index (χ3n) is 3.94. The van der Waals surface area contributed by atoms with Crippen LogP contribution in [0.15, 0.2) is 44.9 Å². The fourth-order valence-electron chi connectivity index (χ4n) is 2.60. The highest BCUT2D eigenvalue weighted by atomic mass is 127. The van der Waals surface area contributed by atoms with E-state index in [0.29, 0.717) is 0 Å². The van der Waals surface area contributed by atoms with Crippen molar-refractivity contribution in [1.82, 2.24) is 0 Å². The number of sulfone groups is 1. The molecule has 0 fully saturated rings. The largest absolute Gasteiger partial charge is 0.390 e. The predicted molar refractivity (Wildman–Crippen MR) is 123 cm³/mol. The van der Waals surface area contributed by atoms with Crippen LogP contribution in [-0.4, -0.2) is 37.9 Å². The molecule has 0 aliphatic heterocycles. The monoisotopic (exact) mass is 523 g/mol. The van der Waals surface area contributed by atoms with Gasteiger partial charge in [-0.1, -0.05) is 38.1 Å². The molecule has 2 aromatic rings. The first-order valence-electron chi connectivity index (χ1n) is 8.49. The van der Waals surface area contributed by atoms with Crippen LogP contribution in [0, 0.1) is 0 Å². The number of nitrogens with two attached hydrogens (primary N) is 1. The van der Waals surface area contributed by atoms with E-state index in [2.05, 4.69) is 24.2 Å². The molecule has 150 valence electrons. The summed E-state index contributed by atoms with van der Waals surface area (Å²) in [6.07, 6.45) is 0.588. The number of guanidine groups is 1. The van der Waals surface area contributed by atoms with Crippen molar-refractivity contribution >= 4 is 56.8 Å². The van der Waals surface area contributed by atoms with Gasteiger partial charge >= 0.3 is 0 Å². The average Bonchev–Trinajstić information content (AvgIpc) is 3.15. The summed E-state index contributed by atoms with van der Waals surface area (Å²) < 4.78 is 24.6. The number of thiophene rings is 1. The van der Waals surface area contributed by atoms with Crippen LogP contribution in [0.3, 0.4) is 0 Å². The fraction of sp³-hybridized carbons (Fsp3) is 0.389. The summed E-state index contributed by atoms with van der Waals surface area (Å²) in [4.78, 5) is 4.11. The normalized spacial score (nSPS) is 13.1. The Hall–Kier alpha value is -1.17. The number of halogens is 1. The zero-order valence-electron chi connectivity index (χ0n) is 15.4. The Morgan fingerprint density at radius 3 is 2.37 bits per heavy atom. The number of aliphatic imine (C=N–C) groups is 1. The van der Waals surface area contributed by atoms with Gasteiger partial charge < -0.3 is 16.2 Å². The molecule has 0 amide bonds. The van der Waals surface area contributed by atoms with E-state index in [1.54, 1.807) is 11.4 Å². The first-order chi connectivity index (χ1) is 12.4. The molecule has 0 bridgehead atoms. The van der Waals surface area contributed by atoms with E-state index in [-0.39, 0.29) is 46.4 Å². The molecule has 0 saturated carbocycles. The van der Waals surface area contributed by atoms with Crippen LogP contribution in [0.2, 0.25) is 0 Å². The van der Waals surface area contributed by atoms with Crippen LogP contribution in [-0.2, 0) is 22.7 Å². The second-order valence-corrected chi connectivity index (χ2v) is 9.09. The summed E-state index contributed by atoms with van der Waals surface area (Å²) in [5.41, 5.74) is 9.13. The van der Waals surface area contributed by atoms with Gasteiger partial charge in [0.25, 0.3) is 0 Å².